The highest BCUT2D eigenvalue weighted by atomic mass is 35.5. The number of methoxy groups -OCH3 is 1. The van der Waals surface area contributed by atoms with Crippen molar-refractivity contribution in [3.63, 3.8) is 0 Å². The number of halogens is 1. The van der Waals surface area contributed by atoms with Gasteiger partial charge in [0.15, 0.2) is 6.67 Å². The van der Waals surface area contributed by atoms with Crippen LogP contribution >= 0.6 is 11.6 Å². The standard InChI is InChI=1S/C16H22ClN3O3/c1-4-5-13-15(21)20(16(22)18-13)10-19(2)9-11-8-12(17)6-7-14(11)23-3/h6-8,13H,4-5,9-10H2,1-3H3,(H,18,22)/p+1/t13-/m0/s1. The van der Waals surface area contributed by atoms with E-state index in [-0.39, 0.29) is 18.0 Å². The Kier molecular flexibility index (Phi) is 5.85. The van der Waals surface area contributed by atoms with Crippen molar-refractivity contribution in [2.24, 2.45) is 0 Å². The molecule has 0 radical (unpaired) electrons. The SMILES string of the molecule is CCC[C@@H]1NC(=O)N(C[NH+](C)Cc2cc(Cl)ccc2OC)C1=O. The number of nitrogens with zero attached hydrogens (tertiary/aromatic N) is 1. The topological polar surface area (TPSA) is 63.1 Å². The Morgan fingerprint density at radius 2 is 2.13 bits per heavy atom. The summed E-state index contributed by atoms with van der Waals surface area (Å²) in [6, 6.07) is 4.73. The molecule has 2 rings (SSSR count). The Morgan fingerprint density at radius 3 is 2.78 bits per heavy atom. The molecule has 0 spiro atoms. The summed E-state index contributed by atoms with van der Waals surface area (Å²) in [7, 11) is 3.53. The predicted molar refractivity (Wildman–Crippen MR) is 87.5 cm³/mol. The van der Waals surface area contributed by atoms with Crippen LogP contribution in [0.5, 0.6) is 5.75 Å². The molecule has 3 amide bonds. The molecule has 1 aromatic rings. The van der Waals surface area contributed by atoms with Gasteiger partial charge < -0.3 is 15.0 Å². The number of quaternary nitrogens is 1. The van der Waals surface area contributed by atoms with Gasteiger partial charge in [0.25, 0.3) is 5.91 Å². The second-order valence-corrected chi connectivity index (χ2v) is 6.24. The van der Waals surface area contributed by atoms with Crippen LogP contribution in [-0.4, -0.2) is 43.7 Å². The van der Waals surface area contributed by atoms with E-state index in [0.717, 1.165) is 22.6 Å². The minimum absolute atomic E-state index is 0.144. The van der Waals surface area contributed by atoms with Gasteiger partial charge in [-0.25, -0.2) is 9.69 Å². The average Bonchev–Trinajstić information content (AvgIpc) is 2.75. The zero-order valence-electron chi connectivity index (χ0n) is 13.7. The van der Waals surface area contributed by atoms with Crippen LogP contribution in [0.3, 0.4) is 0 Å². The molecule has 1 aromatic carbocycles. The zero-order chi connectivity index (χ0) is 17.0. The predicted octanol–water partition coefficient (Wildman–Crippen LogP) is 1.04. The van der Waals surface area contributed by atoms with Gasteiger partial charge in [-0.2, -0.15) is 0 Å². The number of urea groups is 1. The van der Waals surface area contributed by atoms with Crippen LogP contribution in [0.1, 0.15) is 25.3 Å². The third kappa shape index (κ3) is 4.14. The minimum Gasteiger partial charge on any atom is -0.496 e. The zero-order valence-corrected chi connectivity index (χ0v) is 14.4. The monoisotopic (exact) mass is 340 g/mol. The first kappa shape index (κ1) is 17.6. The summed E-state index contributed by atoms with van der Waals surface area (Å²) in [4.78, 5) is 26.5. The van der Waals surface area contributed by atoms with E-state index in [9.17, 15) is 9.59 Å². The smallest absolute Gasteiger partial charge is 0.329 e. The van der Waals surface area contributed by atoms with Crippen LogP contribution < -0.4 is 15.0 Å². The molecule has 2 N–H and O–H groups in total. The van der Waals surface area contributed by atoms with Gasteiger partial charge in [0.05, 0.1) is 14.2 Å². The summed E-state index contributed by atoms with van der Waals surface area (Å²) in [6.07, 6.45) is 1.52. The summed E-state index contributed by atoms with van der Waals surface area (Å²) in [5.41, 5.74) is 0.940. The average molecular weight is 341 g/mol. The first-order chi connectivity index (χ1) is 11.0. The first-order valence-corrected chi connectivity index (χ1v) is 8.09. The third-order valence-electron chi connectivity index (χ3n) is 3.85. The van der Waals surface area contributed by atoms with Crippen LogP contribution in [0, 0.1) is 0 Å². The fourth-order valence-corrected chi connectivity index (χ4v) is 2.94. The van der Waals surface area contributed by atoms with E-state index < -0.39 is 0 Å². The molecular weight excluding hydrogens is 318 g/mol. The number of nitrogens with one attached hydrogen (secondary N) is 2. The summed E-state index contributed by atoms with van der Waals surface area (Å²) >= 11 is 6.03. The second kappa shape index (κ2) is 7.66. The van der Waals surface area contributed by atoms with Gasteiger partial charge in [-0.3, -0.25) is 4.79 Å². The minimum atomic E-state index is -0.388. The van der Waals surface area contributed by atoms with Crippen molar-refractivity contribution in [3.05, 3.63) is 28.8 Å². The molecule has 1 aliphatic rings. The maximum atomic E-state index is 12.3. The summed E-state index contributed by atoms with van der Waals surface area (Å²) < 4.78 is 5.33. The van der Waals surface area contributed by atoms with Crippen LogP contribution in [0.15, 0.2) is 18.2 Å². The number of carbonyl (C=O) groups excluding carboxylic acids is 2. The lowest BCUT2D eigenvalue weighted by Crippen LogP contribution is -3.09. The molecule has 7 heteroatoms. The molecule has 1 fully saturated rings. The molecule has 1 unspecified atom stereocenters. The van der Waals surface area contributed by atoms with E-state index in [0.29, 0.717) is 24.7 Å². The maximum Gasteiger partial charge on any atom is 0.329 e. The lowest BCUT2D eigenvalue weighted by molar-refractivity contribution is -0.901. The van der Waals surface area contributed by atoms with Gasteiger partial charge in [-0.05, 0) is 24.6 Å². The molecule has 23 heavy (non-hydrogen) atoms. The van der Waals surface area contributed by atoms with Crippen LogP contribution in [0.2, 0.25) is 5.02 Å². The highest BCUT2D eigenvalue weighted by Gasteiger charge is 2.38. The largest absolute Gasteiger partial charge is 0.496 e. The molecule has 0 aromatic heterocycles. The van der Waals surface area contributed by atoms with Gasteiger partial charge in [0, 0.05) is 10.6 Å². The van der Waals surface area contributed by atoms with Gasteiger partial charge >= 0.3 is 6.03 Å². The number of ether oxygens (including phenoxy) is 1. The van der Waals surface area contributed by atoms with E-state index in [1.54, 1.807) is 13.2 Å². The van der Waals surface area contributed by atoms with Gasteiger partial charge in [0.2, 0.25) is 0 Å². The Morgan fingerprint density at radius 1 is 1.39 bits per heavy atom. The highest BCUT2D eigenvalue weighted by Crippen LogP contribution is 2.21. The van der Waals surface area contributed by atoms with Gasteiger partial charge in [0.1, 0.15) is 18.3 Å². The quantitative estimate of drug-likeness (QED) is 0.729. The number of benzene rings is 1. The van der Waals surface area contributed by atoms with E-state index in [4.69, 9.17) is 16.3 Å². The normalized spacial score (nSPS) is 19.0. The van der Waals surface area contributed by atoms with Crippen molar-refractivity contribution in [3.8, 4) is 5.75 Å². The number of hydrogen-bond donors (Lipinski definition) is 2. The van der Waals surface area contributed by atoms with Crippen molar-refractivity contribution >= 4 is 23.5 Å². The van der Waals surface area contributed by atoms with E-state index in [2.05, 4.69) is 5.32 Å². The lowest BCUT2D eigenvalue weighted by Gasteiger charge is -2.20. The first-order valence-electron chi connectivity index (χ1n) is 7.71. The number of hydrogen-bond acceptors (Lipinski definition) is 3. The molecule has 1 saturated heterocycles. The third-order valence-corrected chi connectivity index (χ3v) is 4.08. The Labute approximate surface area is 141 Å². The van der Waals surface area contributed by atoms with Crippen LogP contribution in [0.4, 0.5) is 4.79 Å². The Balaban J connectivity index is 2.02. The van der Waals surface area contributed by atoms with Gasteiger partial charge in [-0.1, -0.05) is 24.9 Å². The number of rotatable bonds is 7. The van der Waals surface area contributed by atoms with Gasteiger partial charge in [-0.15, -0.1) is 0 Å². The molecule has 0 aliphatic carbocycles. The molecule has 1 aliphatic heterocycles. The molecule has 0 bridgehead atoms. The maximum absolute atomic E-state index is 12.3. The van der Waals surface area contributed by atoms with Crippen molar-refractivity contribution in [2.75, 3.05) is 20.8 Å². The van der Waals surface area contributed by atoms with Crippen molar-refractivity contribution in [2.45, 2.75) is 32.4 Å². The lowest BCUT2D eigenvalue weighted by atomic mass is 10.2. The highest BCUT2D eigenvalue weighted by molar-refractivity contribution is 6.30. The molecule has 0 saturated carbocycles. The molecule has 126 valence electrons. The molecule has 6 nitrogen and oxygen atoms in total. The summed E-state index contributed by atoms with van der Waals surface area (Å²) in [5, 5.41) is 3.36. The second-order valence-electron chi connectivity index (χ2n) is 5.81. The van der Waals surface area contributed by atoms with Crippen LogP contribution in [-0.2, 0) is 11.3 Å². The number of carbonyl (C=O) groups is 2. The molecular formula is C16H23ClN3O3+. The Hall–Kier alpha value is -1.79. The fraction of sp³-hybridized carbons (Fsp3) is 0.500. The number of amides is 3. The molecule has 1 heterocycles. The van der Waals surface area contributed by atoms with E-state index >= 15 is 0 Å². The van der Waals surface area contributed by atoms with E-state index in [1.165, 1.54) is 4.90 Å². The Bertz CT molecular complexity index is 594. The van der Waals surface area contributed by atoms with Crippen LogP contribution in [0.25, 0.3) is 0 Å². The van der Waals surface area contributed by atoms with Crippen molar-refractivity contribution in [1.29, 1.82) is 0 Å². The molecule has 2 atom stereocenters. The van der Waals surface area contributed by atoms with E-state index in [1.807, 2.05) is 26.1 Å². The summed E-state index contributed by atoms with van der Waals surface area (Å²) in [6.45, 7) is 2.89. The van der Waals surface area contributed by atoms with Crippen molar-refractivity contribution in [1.82, 2.24) is 10.2 Å². The summed E-state index contributed by atoms with van der Waals surface area (Å²) in [5.74, 6) is 0.601. The van der Waals surface area contributed by atoms with Crippen molar-refractivity contribution < 1.29 is 19.2 Å². The fourth-order valence-electron chi connectivity index (χ4n) is 2.75. The number of imide groups is 1.